The molecule has 1 aromatic carbocycles. The third-order valence-electron chi connectivity index (χ3n) is 3.55. The summed E-state index contributed by atoms with van der Waals surface area (Å²) in [5.41, 5.74) is 7.70. The predicted molar refractivity (Wildman–Crippen MR) is 79.8 cm³/mol. The first-order chi connectivity index (χ1) is 9.76. The number of aromatic nitrogens is 2. The highest BCUT2D eigenvalue weighted by atomic mass is 79.9. The van der Waals surface area contributed by atoms with Crippen LogP contribution < -0.4 is 5.73 Å². The van der Waals surface area contributed by atoms with Crippen molar-refractivity contribution in [2.24, 2.45) is 5.73 Å². The van der Waals surface area contributed by atoms with Gasteiger partial charge in [-0.3, -0.25) is 4.90 Å². The van der Waals surface area contributed by atoms with E-state index in [0.29, 0.717) is 11.7 Å². The molecule has 0 atom stereocenters. The third-order valence-corrected chi connectivity index (χ3v) is 4.28. The molecule has 0 spiro atoms. The molecule has 20 heavy (non-hydrogen) atoms. The van der Waals surface area contributed by atoms with Crippen LogP contribution in [0.1, 0.15) is 24.3 Å². The minimum absolute atomic E-state index is 0.265. The Morgan fingerprint density at radius 3 is 2.75 bits per heavy atom. The van der Waals surface area contributed by atoms with E-state index in [9.17, 15) is 0 Å². The molecule has 0 saturated carbocycles. The summed E-state index contributed by atoms with van der Waals surface area (Å²) in [6.45, 7) is 3.64. The summed E-state index contributed by atoms with van der Waals surface area (Å²) in [5, 5.41) is 3.93. The van der Waals surface area contributed by atoms with Crippen molar-refractivity contribution in [3.05, 3.63) is 34.1 Å². The Bertz CT molecular complexity index is 593. The van der Waals surface area contributed by atoms with Crippen molar-refractivity contribution in [2.75, 3.05) is 13.1 Å². The molecule has 2 heterocycles. The Morgan fingerprint density at radius 2 is 2.10 bits per heavy atom. The Hall–Kier alpha value is -1.24. The van der Waals surface area contributed by atoms with E-state index in [4.69, 9.17) is 10.3 Å². The second kappa shape index (κ2) is 6.03. The quantitative estimate of drug-likeness (QED) is 0.929. The first-order valence-corrected chi connectivity index (χ1v) is 7.59. The van der Waals surface area contributed by atoms with Crippen molar-refractivity contribution >= 4 is 15.9 Å². The molecule has 5 nitrogen and oxygen atoms in total. The molecule has 1 aliphatic rings. The number of benzene rings is 1. The van der Waals surface area contributed by atoms with E-state index in [0.717, 1.165) is 16.6 Å². The Labute approximate surface area is 126 Å². The fourth-order valence-corrected chi connectivity index (χ4v) is 2.96. The average molecular weight is 337 g/mol. The van der Waals surface area contributed by atoms with Gasteiger partial charge in [0, 0.05) is 16.6 Å². The standard InChI is InChI=1S/C14H17BrN4O/c15-12-7-10(14-17-13(8-16)20-18-14)3-4-11(12)9-19-5-1-2-6-19/h3-4,7H,1-2,5-6,8-9,16H2. The molecule has 1 aromatic heterocycles. The molecule has 0 radical (unpaired) electrons. The molecular formula is C14H17BrN4O. The summed E-state index contributed by atoms with van der Waals surface area (Å²) in [5.74, 6) is 1.04. The molecule has 6 heteroatoms. The minimum atomic E-state index is 0.265. The van der Waals surface area contributed by atoms with Gasteiger partial charge in [0.2, 0.25) is 11.7 Å². The predicted octanol–water partition coefficient (Wildman–Crippen LogP) is 2.55. The molecule has 1 fully saturated rings. The minimum Gasteiger partial charge on any atom is -0.338 e. The van der Waals surface area contributed by atoms with Gasteiger partial charge in [0.25, 0.3) is 0 Å². The van der Waals surface area contributed by atoms with E-state index >= 15 is 0 Å². The maximum atomic E-state index is 5.48. The van der Waals surface area contributed by atoms with Crippen LogP contribution in [0.25, 0.3) is 11.4 Å². The molecule has 0 aliphatic carbocycles. The van der Waals surface area contributed by atoms with Crippen LogP contribution in [-0.2, 0) is 13.1 Å². The largest absolute Gasteiger partial charge is 0.338 e. The number of halogens is 1. The van der Waals surface area contributed by atoms with Gasteiger partial charge in [-0.15, -0.1) is 0 Å². The van der Waals surface area contributed by atoms with Crippen LogP contribution >= 0.6 is 15.9 Å². The van der Waals surface area contributed by atoms with Gasteiger partial charge in [-0.1, -0.05) is 33.2 Å². The first kappa shape index (κ1) is 13.7. The zero-order valence-electron chi connectivity index (χ0n) is 11.2. The summed E-state index contributed by atoms with van der Waals surface area (Å²) in [6, 6.07) is 6.19. The molecule has 0 unspecified atom stereocenters. The fourth-order valence-electron chi connectivity index (χ4n) is 2.45. The number of hydrogen-bond donors (Lipinski definition) is 1. The third kappa shape index (κ3) is 2.92. The monoisotopic (exact) mass is 336 g/mol. The summed E-state index contributed by atoms with van der Waals surface area (Å²) in [4.78, 5) is 6.71. The second-order valence-corrected chi connectivity index (χ2v) is 5.86. The van der Waals surface area contributed by atoms with Crippen molar-refractivity contribution in [2.45, 2.75) is 25.9 Å². The smallest absolute Gasteiger partial charge is 0.240 e. The zero-order chi connectivity index (χ0) is 13.9. The van der Waals surface area contributed by atoms with Crippen LogP contribution in [0.2, 0.25) is 0 Å². The van der Waals surface area contributed by atoms with Crippen molar-refractivity contribution in [1.82, 2.24) is 15.0 Å². The van der Waals surface area contributed by atoms with Gasteiger partial charge in [0.1, 0.15) is 0 Å². The number of likely N-dealkylation sites (tertiary alicyclic amines) is 1. The van der Waals surface area contributed by atoms with Crippen LogP contribution in [0.3, 0.4) is 0 Å². The number of rotatable bonds is 4. The van der Waals surface area contributed by atoms with Crippen molar-refractivity contribution in [3.63, 3.8) is 0 Å². The molecular weight excluding hydrogens is 320 g/mol. The number of hydrogen-bond acceptors (Lipinski definition) is 5. The second-order valence-electron chi connectivity index (χ2n) is 5.01. The highest BCUT2D eigenvalue weighted by Crippen LogP contribution is 2.26. The molecule has 0 amide bonds. The lowest BCUT2D eigenvalue weighted by atomic mass is 10.1. The lowest BCUT2D eigenvalue weighted by molar-refractivity contribution is 0.331. The lowest BCUT2D eigenvalue weighted by Gasteiger charge is -2.15. The summed E-state index contributed by atoms with van der Waals surface area (Å²) >= 11 is 3.64. The van der Waals surface area contributed by atoms with Crippen LogP contribution in [0.4, 0.5) is 0 Å². The van der Waals surface area contributed by atoms with Gasteiger partial charge in [-0.2, -0.15) is 4.98 Å². The number of nitrogens with zero attached hydrogens (tertiary/aromatic N) is 3. The van der Waals surface area contributed by atoms with E-state index in [1.165, 1.54) is 31.5 Å². The molecule has 2 aromatic rings. The topological polar surface area (TPSA) is 68.2 Å². The summed E-state index contributed by atoms with van der Waals surface area (Å²) in [6.07, 6.45) is 2.61. The highest BCUT2D eigenvalue weighted by Gasteiger charge is 2.14. The normalized spacial score (nSPS) is 15.9. The SMILES string of the molecule is NCc1nc(-c2ccc(CN3CCCC3)c(Br)c2)no1. The van der Waals surface area contributed by atoms with E-state index in [1.807, 2.05) is 12.1 Å². The van der Waals surface area contributed by atoms with Crippen LogP contribution in [0, 0.1) is 0 Å². The fraction of sp³-hybridized carbons (Fsp3) is 0.429. The summed E-state index contributed by atoms with van der Waals surface area (Å²) in [7, 11) is 0. The van der Waals surface area contributed by atoms with Gasteiger partial charge in [0.15, 0.2) is 0 Å². The van der Waals surface area contributed by atoms with Crippen LogP contribution in [0.15, 0.2) is 27.2 Å². The zero-order valence-corrected chi connectivity index (χ0v) is 12.8. The lowest BCUT2D eigenvalue weighted by Crippen LogP contribution is -2.18. The first-order valence-electron chi connectivity index (χ1n) is 6.80. The van der Waals surface area contributed by atoms with Crippen LogP contribution in [0.5, 0.6) is 0 Å². The Kier molecular flexibility index (Phi) is 4.14. The van der Waals surface area contributed by atoms with Gasteiger partial charge < -0.3 is 10.3 Å². The highest BCUT2D eigenvalue weighted by molar-refractivity contribution is 9.10. The molecule has 1 saturated heterocycles. The molecule has 0 bridgehead atoms. The molecule has 3 rings (SSSR count). The maximum absolute atomic E-state index is 5.48. The van der Waals surface area contributed by atoms with Crippen LogP contribution in [-0.4, -0.2) is 28.1 Å². The van der Waals surface area contributed by atoms with Gasteiger partial charge >= 0.3 is 0 Å². The van der Waals surface area contributed by atoms with Gasteiger partial charge in [0.05, 0.1) is 6.54 Å². The summed E-state index contributed by atoms with van der Waals surface area (Å²) < 4.78 is 6.12. The molecule has 2 N–H and O–H groups in total. The number of nitrogens with two attached hydrogens (primary N) is 1. The molecule has 106 valence electrons. The van der Waals surface area contributed by atoms with E-state index in [-0.39, 0.29) is 6.54 Å². The Morgan fingerprint density at radius 1 is 1.30 bits per heavy atom. The van der Waals surface area contributed by atoms with E-state index in [2.05, 4.69) is 37.0 Å². The van der Waals surface area contributed by atoms with Gasteiger partial charge in [-0.25, -0.2) is 0 Å². The molecule has 1 aliphatic heterocycles. The maximum Gasteiger partial charge on any atom is 0.240 e. The van der Waals surface area contributed by atoms with E-state index < -0.39 is 0 Å². The van der Waals surface area contributed by atoms with Crippen molar-refractivity contribution in [1.29, 1.82) is 0 Å². The van der Waals surface area contributed by atoms with Gasteiger partial charge in [-0.05, 0) is 37.6 Å². The Balaban J connectivity index is 1.79. The van der Waals surface area contributed by atoms with Crippen molar-refractivity contribution in [3.8, 4) is 11.4 Å². The van der Waals surface area contributed by atoms with Crippen molar-refractivity contribution < 1.29 is 4.52 Å². The van der Waals surface area contributed by atoms with E-state index in [1.54, 1.807) is 0 Å². The average Bonchev–Trinajstić information content (AvgIpc) is 3.12.